The van der Waals surface area contributed by atoms with Crippen molar-refractivity contribution < 1.29 is 9.59 Å². The SMILES string of the molecule is C[C@@H]1CC2(CCC(=O)C2)CC1=O. The lowest BCUT2D eigenvalue weighted by molar-refractivity contribution is -0.120. The predicted octanol–water partition coefficient (Wildman–Crippen LogP) is 1.72. The van der Waals surface area contributed by atoms with Gasteiger partial charge in [0, 0.05) is 25.2 Å². The molecule has 0 bridgehead atoms. The lowest BCUT2D eigenvalue weighted by atomic mass is 9.84. The fourth-order valence-electron chi connectivity index (χ4n) is 2.70. The van der Waals surface area contributed by atoms with Gasteiger partial charge in [0.1, 0.15) is 11.6 Å². The Morgan fingerprint density at radius 3 is 2.50 bits per heavy atom. The molecule has 2 atom stereocenters. The molecule has 12 heavy (non-hydrogen) atoms. The summed E-state index contributed by atoms with van der Waals surface area (Å²) in [6.45, 7) is 1.99. The van der Waals surface area contributed by atoms with Gasteiger partial charge in [0.2, 0.25) is 0 Å². The van der Waals surface area contributed by atoms with Gasteiger partial charge in [0.05, 0.1) is 0 Å². The zero-order chi connectivity index (χ0) is 8.77. The number of Topliss-reactive ketones (excluding diaryl/α,β-unsaturated/α-hetero) is 2. The maximum atomic E-state index is 11.3. The van der Waals surface area contributed by atoms with E-state index in [-0.39, 0.29) is 11.3 Å². The van der Waals surface area contributed by atoms with Crippen molar-refractivity contribution in [3.63, 3.8) is 0 Å². The normalized spacial score (nSPS) is 41.6. The molecule has 2 fully saturated rings. The average Bonchev–Trinajstić information content (AvgIpc) is 2.42. The standard InChI is InChI=1S/C10H14O2/c1-7-4-10(6-9(7)12)3-2-8(11)5-10/h7H,2-6H2,1H3/t7-,10?/m1/s1. The van der Waals surface area contributed by atoms with Gasteiger partial charge in [-0.25, -0.2) is 0 Å². The Hall–Kier alpha value is -0.660. The number of carbonyl (C=O) groups excluding carboxylic acids is 2. The molecule has 0 heterocycles. The first-order valence-electron chi connectivity index (χ1n) is 4.66. The van der Waals surface area contributed by atoms with Gasteiger partial charge in [0.15, 0.2) is 0 Å². The van der Waals surface area contributed by atoms with Gasteiger partial charge in [-0.05, 0) is 18.3 Å². The van der Waals surface area contributed by atoms with Crippen molar-refractivity contribution in [1.29, 1.82) is 0 Å². The van der Waals surface area contributed by atoms with Gasteiger partial charge >= 0.3 is 0 Å². The summed E-state index contributed by atoms with van der Waals surface area (Å²) in [5.41, 5.74) is 0.105. The minimum Gasteiger partial charge on any atom is -0.300 e. The molecule has 2 heteroatoms. The van der Waals surface area contributed by atoms with Gasteiger partial charge in [-0.1, -0.05) is 6.92 Å². The van der Waals surface area contributed by atoms with Crippen molar-refractivity contribution in [2.24, 2.45) is 11.3 Å². The highest BCUT2D eigenvalue weighted by molar-refractivity contribution is 5.88. The average molecular weight is 166 g/mol. The first kappa shape index (κ1) is 7.96. The van der Waals surface area contributed by atoms with Gasteiger partial charge in [-0.2, -0.15) is 0 Å². The van der Waals surface area contributed by atoms with Crippen LogP contribution in [0.2, 0.25) is 0 Å². The van der Waals surface area contributed by atoms with Crippen molar-refractivity contribution in [2.75, 3.05) is 0 Å². The van der Waals surface area contributed by atoms with E-state index in [9.17, 15) is 9.59 Å². The quantitative estimate of drug-likeness (QED) is 0.549. The second kappa shape index (κ2) is 2.41. The minimum absolute atomic E-state index is 0.105. The van der Waals surface area contributed by atoms with Crippen LogP contribution in [0.15, 0.2) is 0 Å². The third-order valence-corrected chi connectivity index (χ3v) is 3.34. The fourth-order valence-corrected chi connectivity index (χ4v) is 2.70. The maximum absolute atomic E-state index is 11.3. The maximum Gasteiger partial charge on any atom is 0.136 e. The Morgan fingerprint density at radius 2 is 2.08 bits per heavy atom. The van der Waals surface area contributed by atoms with Gasteiger partial charge < -0.3 is 0 Å². The van der Waals surface area contributed by atoms with E-state index in [0.29, 0.717) is 30.8 Å². The predicted molar refractivity (Wildman–Crippen MR) is 44.7 cm³/mol. The van der Waals surface area contributed by atoms with Crippen molar-refractivity contribution >= 4 is 11.6 Å². The molecule has 2 saturated carbocycles. The van der Waals surface area contributed by atoms with Crippen molar-refractivity contribution in [2.45, 2.75) is 39.0 Å². The lowest BCUT2D eigenvalue weighted by Gasteiger charge is -2.19. The van der Waals surface area contributed by atoms with E-state index in [1.807, 2.05) is 6.92 Å². The van der Waals surface area contributed by atoms with Crippen molar-refractivity contribution in [3.05, 3.63) is 0 Å². The Labute approximate surface area is 72.3 Å². The summed E-state index contributed by atoms with van der Waals surface area (Å²) in [5, 5.41) is 0. The van der Waals surface area contributed by atoms with E-state index in [0.717, 1.165) is 12.8 Å². The molecule has 0 N–H and O–H groups in total. The molecule has 0 aromatic carbocycles. The summed E-state index contributed by atoms with van der Waals surface area (Å²) in [7, 11) is 0. The molecule has 0 aliphatic heterocycles. The van der Waals surface area contributed by atoms with Gasteiger partial charge in [-0.3, -0.25) is 9.59 Å². The number of rotatable bonds is 0. The van der Waals surface area contributed by atoms with E-state index in [4.69, 9.17) is 0 Å². The second-order valence-electron chi connectivity index (χ2n) is 4.46. The molecule has 0 saturated heterocycles. The molecule has 0 amide bonds. The van der Waals surface area contributed by atoms with Gasteiger partial charge in [-0.15, -0.1) is 0 Å². The highest BCUT2D eigenvalue weighted by Crippen LogP contribution is 2.49. The smallest absolute Gasteiger partial charge is 0.136 e. The molecule has 0 aromatic heterocycles. The number of ketones is 2. The molecule has 0 radical (unpaired) electrons. The van der Waals surface area contributed by atoms with Crippen LogP contribution in [0.4, 0.5) is 0 Å². The molecule has 2 aliphatic carbocycles. The summed E-state index contributed by atoms with van der Waals surface area (Å²) >= 11 is 0. The molecule has 66 valence electrons. The van der Waals surface area contributed by atoms with Crippen LogP contribution in [0.1, 0.15) is 39.0 Å². The number of carbonyl (C=O) groups is 2. The van der Waals surface area contributed by atoms with Crippen LogP contribution < -0.4 is 0 Å². The second-order valence-corrected chi connectivity index (χ2v) is 4.46. The van der Waals surface area contributed by atoms with Crippen LogP contribution >= 0.6 is 0 Å². The summed E-state index contributed by atoms with van der Waals surface area (Å²) in [6.07, 6.45) is 3.96. The van der Waals surface area contributed by atoms with E-state index in [1.54, 1.807) is 0 Å². The monoisotopic (exact) mass is 166 g/mol. The summed E-state index contributed by atoms with van der Waals surface area (Å²) in [6, 6.07) is 0. The van der Waals surface area contributed by atoms with E-state index in [2.05, 4.69) is 0 Å². The van der Waals surface area contributed by atoms with Crippen LogP contribution in [-0.2, 0) is 9.59 Å². The summed E-state index contributed by atoms with van der Waals surface area (Å²) < 4.78 is 0. The first-order chi connectivity index (χ1) is 5.61. The highest BCUT2D eigenvalue weighted by Gasteiger charge is 2.46. The summed E-state index contributed by atoms with van der Waals surface area (Å²) in [5.74, 6) is 0.928. The largest absolute Gasteiger partial charge is 0.300 e. The molecule has 2 nitrogen and oxygen atoms in total. The van der Waals surface area contributed by atoms with Crippen molar-refractivity contribution in [1.82, 2.24) is 0 Å². The van der Waals surface area contributed by atoms with E-state index < -0.39 is 0 Å². The Morgan fingerprint density at radius 1 is 1.33 bits per heavy atom. The topological polar surface area (TPSA) is 34.1 Å². The third kappa shape index (κ3) is 1.10. The van der Waals surface area contributed by atoms with E-state index in [1.165, 1.54) is 0 Å². The number of hydrogen-bond donors (Lipinski definition) is 0. The molecular formula is C10H14O2. The van der Waals surface area contributed by atoms with Crippen LogP contribution in [-0.4, -0.2) is 11.6 Å². The molecule has 1 unspecified atom stereocenters. The Balaban J connectivity index is 2.15. The molecular weight excluding hydrogens is 152 g/mol. The molecule has 2 rings (SSSR count). The van der Waals surface area contributed by atoms with Crippen LogP contribution in [0, 0.1) is 11.3 Å². The zero-order valence-corrected chi connectivity index (χ0v) is 7.43. The van der Waals surface area contributed by atoms with Crippen LogP contribution in [0.3, 0.4) is 0 Å². The van der Waals surface area contributed by atoms with Crippen LogP contribution in [0.5, 0.6) is 0 Å². The van der Waals surface area contributed by atoms with Gasteiger partial charge in [0.25, 0.3) is 0 Å². The Bertz CT molecular complexity index is 244. The summed E-state index contributed by atoms with van der Waals surface area (Å²) in [4.78, 5) is 22.4. The molecule has 1 spiro atoms. The molecule has 0 aromatic rings. The lowest BCUT2D eigenvalue weighted by Crippen LogP contribution is -2.12. The highest BCUT2D eigenvalue weighted by atomic mass is 16.1. The third-order valence-electron chi connectivity index (χ3n) is 3.34. The van der Waals surface area contributed by atoms with E-state index >= 15 is 0 Å². The minimum atomic E-state index is 0.105. The Kier molecular flexibility index (Phi) is 1.60. The molecule has 2 aliphatic rings. The number of hydrogen-bond acceptors (Lipinski definition) is 2. The van der Waals surface area contributed by atoms with Crippen LogP contribution in [0.25, 0.3) is 0 Å². The first-order valence-corrected chi connectivity index (χ1v) is 4.66. The fraction of sp³-hybridized carbons (Fsp3) is 0.800. The zero-order valence-electron chi connectivity index (χ0n) is 7.43. The van der Waals surface area contributed by atoms with Crippen molar-refractivity contribution in [3.8, 4) is 0 Å².